The summed E-state index contributed by atoms with van der Waals surface area (Å²) in [6.07, 6.45) is -6.37. The standard InChI is InChI=1S/C34H34ClF5N10O3.Zn/c1-31(2,3)16-33(21-7-4-19(5-8-21)27-45-47-50(46-27)22-9-10-22)29(51)48(18-42-33)25(15-53-30(52)44-32(12-13-32)34(38,39)40)20-6-11-23(35)24(14-20)49-28(26(36)37)41-17-43-49;/h4-8,11,14,17,22,25-26,42H,9-10,12-13,15-16H2,1-3H3,(H,44,52);/t25-,33-;/m1./s1. The van der Waals surface area contributed by atoms with Crippen LogP contribution in [0.25, 0.3) is 17.1 Å². The van der Waals surface area contributed by atoms with E-state index in [0.29, 0.717) is 45.6 Å². The summed E-state index contributed by atoms with van der Waals surface area (Å²) in [5.74, 6) is -0.665. The first-order valence-corrected chi connectivity index (χ1v) is 19.0. The van der Waals surface area contributed by atoms with Gasteiger partial charge < -0.3 is 0 Å². The van der Waals surface area contributed by atoms with Gasteiger partial charge in [-0.2, -0.15) is 0 Å². The Hall–Kier alpha value is -4.22. The molecule has 2 N–H and O–H groups in total. The number of benzene rings is 2. The van der Waals surface area contributed by atoms with Crippen molar-refractivity contribution in [1.82, 2.24) is 50.5 Å². The fraction of sp³-hybridized carbons (Fsp3) is 0.471. The average Bonchev–Trinajstić information content (AvgIpc) is 3.97. The second-order valence-corrected chi connectivity index (χ2v) is 16.8. The van der Waals surface area contributed by atoms with Gasteiger partial charge in [-0.1, -0.05) is 0 Å². The Labute approximate surface area is 320 Å². The van der Waals surface area contributed by atoms with Crippen LogP contribution in [0.1, 0.15) is 88.3 Å². The first kappa shape index (κ1) is 38.1. The molecule has 2 aliphatic carbocycles. The van der Waals surface area contributed by atoms with Crippen LogP contribution in [0.2, 0.25) is 5.02 Å². The van der Waals surface area contributed by atoms with Crippen molar-refractivity contribution in [3.05, 3.63) is 70.8 Å². The molecule has 2 aromatic heterocycles. The Morgan fingerprint density at radius 3 is 2.44 bits per heavy atom. The molecule has 54 heavy (non-hydrogen) atoms. The van der Waals surface area contributed by atoms with E-state index in [2.05, 4.69) is 30.8 Å². The van der Waals surface area contributed by atoms with Gasteiger partial charge >= 0.3 is 321 Å². The first-order valence-electron chi connectivity index (χ1n) is 17.1. The quantitative estimate of drug-likeness (QED) is 0.135. The molecular formula is C34H34ClF5N10O3Zn. The summed E-state index contributed by atoms with van der Waals surface area (Å²) in [6.45, 7) is 5.35. The molecule has 282 valence electrons. The second kappa shape index (κ2) is 13.8. The number of tetrazole rings is 1. The van der Waals surface area contributed by atoms with Crippen molar-refractivity contribution in [3.8, 4) is 17.1 Å². The monoisotopic (exact) mass is 824 g/mol. The number of nitrogens with one attached hydrogen (secondary N) is 2. The Morgan fingerprint density at radius 2 is 1.83 bits per heavy atom. The van der Waals surface area contributed by atoms with Gasteiger partial charge in [-0.3, -0.25) is 0 Å². The Kier molecular flexibility index (Phi) is 9.74. The zero-order valence-corrected chi connectivity index (χ0v) is 33.1. The third-order valence-corrected chi connectivity index (χ3v) is 11.0. The van der Waals surface area contributed by atoms with Crippen molar-refractivity contribution in [2.75, 3.05) is 6.61 Å². The number of carbonyl (C=O) groups is 2. The van der Waals surface area contributed by atoms with E-state index >= 15 is 4.79 Å². The van der Waals surface area contributed by atoms with E-state index in [9.17, 15) is 26.7 Å². The van der Waals surface area contributed by atoms with Gasteiger partial charge in [-0.25, -0.2) is 0 Å². The normalized spacial score (nSPS) is 20.5. The van der Waals surface area contributed by atoms with Crippen LogP contribution in [-0.4, -0.2) is 74.5 Å². The van der Waals surface area contributed by atoms with E-state index in [1.165, 1.54) is 23.1 Å². The van der Waals surface area contributed by atoms with Gasteiger partial charge in [0.15, 0.2) is 0 Å². The number of carbonyl (C=O) groups excluding carboxylic acids is 2. The van der Waals surface area contributed by atoms with Gasteiger partial charge in [-0.05, 0) is 0 Å². The average molecular weight is 827 g/mol. The van der Waals surface area contributed by atoms with Gasteiger partial charge in [0, 0.05) is 0 Å². The Balaban J connectivity index is 1.26. The van der Waals surface area contributed by atoms with Crippen LogP contribution >= 0.6 is 11.6 Å². The van der Waals surface area contributed by atoms with E-state index in [-0.39, 0.29) is 35.2 Å². The first-order chi connectivity index (χ1) is 25.4. The molecule has 7 rings (SSSR count). The summed E-state index contributed by atoms with van der Waals surface area (Å²) >= 11 is 6.87. The summed E-state index contributed by atoms with van der Waals surface area (Å²) in [4.78, 5) is 34.7. The number of hydrogen-bond donors (Lipinski definition) is 2. The molecule has 1 saturated heterocycles. The van der Waals surface area contributed by atoms with Gasteiger partial charge in [-0.15, -0.1) is 0 Å². The maximum atomic E-state index is 15.1. The van der Waals surface area contributed by atoms with E-state index in [0.717, 1.165) is 23.9 Å². The fourth-order valence-corrected chi connectivity index (χ4v) is 8.32. The molecule has 1 aliphatic heterocycles. The van der Waals surface area contributed by atoms with Crippen LogP contribution in [0, 0.1) is 5.41 Å². The van der Waals surface area contributed by atoms with Gasteiger partial charge in [0.25, 0.3) is 0 Å². The number of ether oxygens (including phenoxy) is 1. The molecule has 2 amide bonds. The van der Waals surface area contributed by atoms with Crippen molar-refractivity contribution in [3.63, 3.8) is 0 Å². The van der Waals surface area contributed by atoms with Crippen LogP contribution < -0.4 is 10.6 Å². The van der Waals surface area contributed by atoms with Gasteiger partial charge in [0.1, 0.15) is 0 Å². The fourth-order valence-electron chi connectivity index (χ4n) is 6.73. The number of nitrogens with zero attached hydrogens (tertiary/aromatic N) is 8. The zero-order valence-electron chi connectivity index (χ0n) is 29.4. The van der Waals surface area contributed by atoms with Crippen LogP contribution in [0.3, 0.4) is 0 Å². The van der Waals surface area contributed by atoms with E-state index < -0.39 is 59.6 Å². The number of aromatic nitrogens is 7. The van der Waals surface area contributed by atoms with Crippen molar-refractivity contribution < 1.29 is 54.1 Å². The topological polar surface area (TPSA) is 145 Å². The number of amides is 2. The molecule has 0 spiro atoms. The van der Waals surface area contributed by atoms with Crippen molar-refractivity contribution in [1.29, 1.82) is 0 Å². The number of hydrogen-bond acceptors (Lipinski definition) is 9. The van der Waals surface area contributed by atoms with Crippen molar-refractivity contribution in [2.45, 2.75) is 88.6 Å². The summed E-state index contributed by atoms with van der Waals surface area (Å²) in [5, 5.41) is 22.2. The number of alkyl halides is 5. The predicted molar refractivity (Wildman–Crippen MR) is 179 cm³/mol. The number of rotatable bonds is 11. The molecule has 0 radical (unpaired) electrons. The molecule has 0 unspecified atom stereocenters. The molecular weight excluding hydrogens is 792 g/mol. The molecule has 2 atom stereocenters. The molecule has 20 heteroatoms. The molecule has 0 bridgehead atoms. The third kappa shape index (κ3) is 7.29. The second-order valence-electron chi connectivity index (χ2n) is 15.0. The zero-order chi connectivity index (χ0) is 38.8. The van der Waals surface area contributed by atoms with E-state index in [4.69, 9.17) is 16.3 Å². The van der Waals surface area contributed by atoms with Crippen molar-refractivity contribution >= 4 is 28.0 Å². The summed E-state index contributed by atoms with van der Waals surface area (Å²) < 4.78 is 75.6. The summed E-state index contributed by atoms with van der Waals surface area (Å²) in [7, 11) is 0. The number of halogens is 6. The molecule has 3 aliphatic rings. The van der Waals surface area contributed by atoms with Gasteiger partial charge in [0.05, 0.1) is 0 Å². The Bertz CT molecular complexity index is 2100. The van der Waals surface area contributed by atoms with Gasteiger partial charge in [0.2, 0.25) is 0 Å². The van der Waals surface area contributed by atoms with Crippen molar-refractivity contribution in [2.24, 2.45) is 5.41 Å². The molecule has 13 nitrogen and oxygen atoms in total. The SMILES string of the molecule is CC(C)(C)C[C@]1(c2ccc(-c3nnn(C4CC4)n3)cc2)N[C](=[Zn])N([C@H](COC(=O)NC2(C(F)(F)F)CC2)c2ccc(Cl)c(-n3ncnc3C(F)F)c2)C1=O. The summed E-state index contributed by atoms with van der Waals surface area (Å²) in [5.41, 5.74) is -2.54. The van der Waals surface area contributed by atoms with Crippen LogP contribution in [0.5, 0.6) is 0 Å². The minimum absolute atomic E-state index is 0.00229. The predicted octanol–water partition coefficient (Wildman–Crippen LogP) is 6.11. The van der Waals surface area contributed by atoms with E-state index in [1.807, 2.05) is 38.2 Å². The van der Waals surface area contributed by atoms with Crippen LogP contribution in [0.4, 0.5) is 26.7 Å². The van der Waals surface area contributed by atoms with Crippen LogP contribution in [0.15, 0.2) is 48.8 Å². The molecule has 2 saturated carbocycles. The summed E-state index contributed by atoms with van der Waals surface area (Å²) in [6, 6.07) is 10.7. The van der Waals surface area contributed by atoms with Crippen LogP contribution in [-0.2, 0) is 32.9 Å². The van der Waals surface area contributed by atoms with E-state index in [1.54, 1.807) is 16.9 Å². The molecule has 2 aromatic carbocycles. The third-order valence-electron chi connectivity index (χ3n) is 9.64. The Morgan fingerprint density at radius 1 is 1.13 bits per heavy atom. The molecule has 3 heterocycles. The minimum atomic E-state index is -4.69. The molecule has 4 aromatic rings. The maximum absolute atomic E-state index is 15.1. The molecule has 3 fully saturated rings. The number of alkyl carbamates (subject to hydrolysis) is 1.